The molecule has 1 heterocycles. The van der Waals surface area contributed by atoms with Crippen molar-refractivity contribution in [3.63, 3.8) is 0 Å². The Morgan fingerprint density at radius 2 is 1.88 bits per heavy atom. The van der Waals surface area contributed by atoms with Crippen LogP contribution in [0.1, 0.15) is 5.56 Å². The summed E-state index contributed by atoms with van der Waals surface area (Å²) in [5.74, 6) is -2.62. The molecule has 0 spiro atoms. The summed E-state index contributed by atoms with van der Waals surface area (Å²) in [5, 5.41) is 3.52. The van der Waals surface area contributed by atoms with Gasteiger partial charge in [0.2, 0.25) is 5.82 Å². The average molecular weight is 222 g/mol. The fourth-order valence-corrected chi connectivity index (χ4v) is 1.31. The van der Waals surface area contributed by atoms with E-state index in [4.69, 9.17) is 0 Å². The second-order valence-electron chi connectivity index (χ2n) is 3.25. The van der Waals surface area contributed by atoms with Crippen molar-refractivity contribution in [2.75, 3.05) is 0 Å². The van der Waals surface area contributed by atoms with Crippen molar-refractivity contribution in [2.24, 2.45) is 0 Å². The molecule has 0 aliphatic rings. The van der Waals surface area contributed by atoms with Gasteiger partial charge < -0.3 is 0 Å². The van der Waals surface area contributed by atoms with Crippen LogP contribution in [0.25, 0.3) is 0 Å². The van der Waals surface area contributed by atoms with Crippen LogP contribution in [0.15, 0.2) is 41.3 Å². The van der Waals surface area contributed by atoms with Gasteiger partial charge in [0, 0.05) is 0 Å². The summed E-state index contributed by atoms with van der Waals surface area (Å²) in [4.78, 5) is 11.3. The number of hydrogen-bond donors (Lipinski definition) is 0. The number of rotatable bonds is 2. The van der Waals surface area contributed by atoms with Crippen molar-refractivity contribution in [1.29, 1.82) is 0 Å². The molecule has 0 radical (unpaired) electrons. The van der Waals surface area contributed by atoms with Gasteiger partial charge in [0.05, 0.1) is 12.7 Å². The molecule has 16 heavy (non-hydrogen) atoms. The second kappa shape index (κ2) is 4.22. The largest absolute Gasteiger partial charge is 0.306 e. The molecule has 0 unspecified atom stereocenters. The summed E-state index contributed by atoms with van der Waals surface area (Å²) in [6.07, 6.45) is 0.694. The summed E-state index contributed by atoms with van der Waals surface area (Å²) in [6.45, 7) is 0.122. The fourth-order valence-electron chi connectivity index (χ4n) is 1.31. The standard InChI is InChI=1S/C11H8F2N2O/c12-9-6-14-15(11(16)10(9)13)7-8-4-2-1-3-5-8/h1-6H,7H2. The number of halogens is 2. The molecule has 0 amide bonds. The zero-order valence-electron chi connectivity index (χ0n) is 8.23. The first-order valence-electron chi connectivity index (χ1n) is 4.63. The first kappa shape index (κ1) is 10.5. The summed E-state index contributed by atoms with van der Waals surface area (Å²) < 4.78 is 26.5. The maximum Gasteiger partial charge on any atom is 0.306 e. The van der Waals surface area contributed by atoms with Crippen LogP contribution in [0.3, 0.4) is 0 Å². The molecule has 2 rings (SSSR count). The Morgan fingerprint density at radius 1 is 1.19 bits per heavy atom. The van der Waals surface area contributed by atoms with Crippen LogP contribution in [-0.4, -0.2) is 9.78 Å². The Hall–Kier alpha value is -2.04. The van der Waals surface area contributed by atoms with Gasteiger partial charge >= 0.3 is 5.56 Å². The van der Waals surface area contributed by atoms with Crippen LogP contribution in [0, 0.1) is 11.6 Å². The average Bonchev–Trinajstić information content (AvgIpc) is 2.31. The zero-order valence-corrected chi connectivity index (χ0v) is 8.23. The van der Waals surface area contributed by atoms with E-state index in [2.05, 4.69) is 5.10 Å². The summed E-state index contributed by atoms with van der Waals surface area (Å²) in [6, 6.07) is 8.95. The minimum Gasteiger partial charge on any atom is -0.264 e. The van der Waals surface area contributed by atoms with Crippen molar-refractivity contribution in [2.45, 2.75) is 6.54 Å². The number of aromatic nitrogens is 2. The van der Waals surface area contributed by atoms with E-state index in [1.807, 2.05) is 6.07 Å². The molecule has 1 aromatic heterocycles. The van der Waals surface area contributed by atoms with E-state index in [1.54, 1.807) is 24.3 Å². The molecule has 0 saturated heterocycles. The first-order valence-corrected chi connectivity index (χ1v) is 4.63. The van der Waals surface area contributed by atoms with Gasteiger partial charge in [-0.1, -0.05) is 30.3 Å². The highest BCUT2D eigenvalue weighted by atomic mass is 19.2. The second-order valence-corrected chi connectivity index (χ2v) is 3.25. The lowest BCUT2D eigenvalue weighted by Crippen LogP contribution is -2.27. The van der Waals surface area contributed by atoms with Crippen LogP contribution < -0.4 is 5.56 Å². The van der Waals surface area contributed by atoms with E-state index in [0.717, 1.165) is 10.2 Å². The lowest BCUT2D eigenvalue weighted by molar-refractivity contribution is 0.457. The molecule has 5 heteroatoms. The molecule has 0 aliphatic heterocycles. The van der Waals surface area contributed by atoms with Gasteiger partial charge in [-0.15, -0.1) is 0 Å². The topological polar surface area (TPSA) is 34.9 Å². The van der Waals surface area contributed by atoms with Crippen molar-refractivity contribution in [3.05, 3.63) is 64.1 Å². The predicted molar refractivity (Wildman–Crippen MR) is 54.0 cm³/mol. The summed E-state index contributed by atoms with van der Waals surface area (Å²) in [7, 11) is 0. The molecule has 82 valence electrons. The van der Waals surface area contributed by atoms with E-state index >= 15 is 0 Å². The number of benzene rings is 1. The molecule has 0 saturated carbocycles. The van der Waals surface area contributed by atoms with Gasteiger partial charge in [0.1, 0.15) is 0 Å². The van der Waals surface area contributed by atoms with Crippen LogP contribution in [0.4, 0.5) is 8.78 Å². The Kier molecular flexibility index (Phi) is 2.76. The highest BCUT2D eigenvalue weighted by molar-refractivity contribution is 5.14. The quantitative estimate of drug-likeness (QED) is 0.773. The van der Waals surface area contributed by atoms with E-state index < -0.39 is 17.2 Å². The molecule has 0 aliphatic carbocycles. The van der Waals surface area contributed by atoms with Crippen LogP contribution >= 0.6 is 0 Å². The Bertz CT molecular complexity index is 552. The van der Waals surface area contributed by atoms with Gasteiger partial charge in [-0.3, -0.25) is 4.79 Å². The monoisotopic (exact) mass is 222 g/mol. The smallest absolute Gasteiger partial charge is 0.264 e. The van der Waals surface area contributed by atoms with Gasteiger partial charge in [-0.25, -0.2) is 9.07 Å². The van der Waals surface area contributed by atoms with E-state index in [-0.39, 0.29) is 6.54 Å². The molecular formula is C11H8F2N2O. The number of hydrogen-bond acceptors (Lipinski definition) is 2. The van der Waals surface area contributed by atoms with E-state index in [0.29, 0.717) is 6.20 Å². The van der Waals surface area contributed by atoms with Crippen LogP contribution in [0.2, 0.25) is 0 Å². The zero-order chi connectivity index (χ0) is 11.5. The Morgan fingerprint density at radius 3 is 2.56 bits per heavy atom. The van der Waals surface area contributed by atoms with Crippen LogP contribution in [-0.2, 0) is 6.54 Å². The molecule has 3 nitrogen and oxygen atoms in total. The van der Waals surface area contributed by atoms with E-state index in [1.165, 1.54) is 0 Å². The third-order valence-corrected chi connectivity index (χ3v) is 2.12. The third kappa shape index (κ3) is 1.98. The van der Waals surface area contributed by atoms with Gasteiger partial charge in [-0.2, -0.15) is 9.49 Å². The highest BCUT2D eigenvalue weighted by Crippen LogP contribution is 2.01. The third-order valence-electron chi connectivity index (χ3n) is 2.12. The summed E-state index contributed by atoms with van der Waals surface area (Å²) in [5.41, 5.74) is -0.257. The predicted octanol–water partition coefficient (Wildman–Crippen LogP) is 1.57. The van der Waals surface area contributed by atoms with Crippen molar-refractivity contribution in [1.82, 2.24) is 9.78 Å². The van der Waals surface area contributed by atoms with Crippen LogP contribution in [0.5, 0.6) is 0 Å². The number of nitrogens with zero attached hydrogens (tertiary/aromatic N) is 2. The minimum absolute atomic E-state index is 0.122. The van der Waals surface area contributed by atoms with Gasteiger partial charge in [0.25, 0.3) is 0 Å². The highest BCUT2D eigenvalue weighted by Gasteiger charge is 2.10. The minimum atomic E-state index is -1.40. The van der Waals surface area contributed by atoms with Gasteiger partial charge in [-0.05, 0) is 5.56 Å². The van der Waals surface area contributed by atoms with Crippen molar-refractivity contribution < 1.29 is 8.78 Å². The maximum atomic E-state index is 12.9. The summed E-state index contributed by atoms with van der Waals surface area (Å²) >= 11 is 0. The molecule has 1 aromatic carbocycles. The SMILES string of the molecule is O=c1c(F)c(F)cnn1Cc1ccccc1. The van der Waals surface area contributed by atoms with Gasteiger partial charge in [0.15, 0.2) is 5.82 Å². The fraction of sp³-hybridized carbons (Fsp3) is 0.0909. The van der Waals surface area contributed by atoms with E-state index in [9.17, 15) is 13.6 Å². The lowest BCUT2D eigenvalue weighted by atomic mass is 10.2. The normalized spacial score (nSPS) is 10.4. The Balaban J connectivity index is 2.37. The molecule has 0 N–H and O–H groups in total. The molecule has 2 aromatic rings. The maximum absolute atomic E-state index is 12.9. The molecule has 0 bridgehead atoms. The molecule has 0 fully saturated rings. The lowest BCUT2D eigenvalue weighted by Gasteiger charge is -2.04. The molecular weight excluding hydrogens is 214 g/mol. The molecule has 0 atom stereocenters. The van der Waals surface area contributed by atoms with Crippen molar-refractivity contribution in [3.8, 4) is 0 Å². The van der Waals surface area contributed by atoms with Crippen molar-refractivity contribution >= 4 is 0 Å². The Labute approximate surface area is 90.0 Å². The first-order chi connectivity index (χ1) is 7.68.